The average Bonchev–Trinajstić information content (AvgIpc) is 2.51. The molecule has 1 rings (SSSR count). The van der Waals surface area contributed by atoms with E-state index in [1.54, 1.807) is 0 Å². The molecule has 1 atom stereocenters. The Balaban J connectivity index is 3.07. The first-order valence-corrected chi connectivity index (χ1v) is 8.79. The van der Waals surface area contributed by atoms with Crippen LogP contribution in [0.2, 0.25) is 15.1 Å². The van der Waals surface area contributed by atoms with Gasteiger partial charge < -0.3 is 14.6 Å². The number of carboxylic acid groups (broad SMARTS) is 1. The third-order valence-electron chi connectivity index (χ3n) is 3.96. The van der Waals surface area contributed by atoms with Crippen LogP contribution in [0.3, 0.4) is 0 Å². The largest absolute Gasteiger partial charge is 0.473 e. The first-order valence-electron chi connectivity index (χ1n) is 7.66. The molecule has 6 nitrogen and oxygen atoms in total. The lowest BCUT2D eigenvalue weighted by Crippen LogP contribution is -2.22. The van der Waals surface area contributed by atoms with Gasteiger partial charge in [0.2, 0.25) is 0 Å². The van der Waals surface area contributed by atoms with Crippen LogP contribution >= 0.6 is 34.8 Å². The molecule has 0 aliphatic rings. The second-order valence-corrected chi connectivity index (χ2v) is 7.94. The lowest BCUT2D eigenvalue weighted by atomic mass is 9.80. The van der Waals surface area contributed by atoms with Crippen molar-refractivity contribution in [2.45, 2.75) is 34.1 Å². The Hall–Kier alpha value is -1.50. The maximum atomic E-state index is 12.4. The van der Waals surface area contributed by atoms with Crippen LogP contribution in [0, 0.1) is 11.3 Å². The number of halogens is 3. The fraction of sp³-hybridized carbons (Fsp3) is 0.471. The third-order valence-corrected chi connectivity index (χ3v) is 5.03. The van der Waals surface area contributed by atoms with Gasteiger partial charge in [0.15, 0.2) is 5.75 Å². The van der Waals surface area contributed by atoms with Crippen molar-refractivity contribution in [2.24, 2.45) is 11.3 Å². The number of carboxylic acids is 1. The SMILES string of the molecule is CC(CCOC(=O)c1c(Cl)c(Cl)cc(Cl)c1OC(=O)C(=O)O)C(C)(C)C. The molecule has 0 heterocycles. The van der Waals surface area contributed by atoms with Gasteiger partial charge in [0.25, 0.3) is 0 Å². The zero-order chi connectivity index (χ0) is 20.2. The van der Waals surface area contributed by atoms with Crippen molar-refractivity contribution in [1.82, 2.24) is 0 Å². The topological polar surface area (TPSA) is 89.9 Å². The van der Waals surface area contributed by atoms with Crippen LogP contribution in [-0.4, -0.2) is 29.6 Å². The van der Waals surface area contributed by atoms with Crippen molar-refractivity contribution < 1.29 is 29.0 Å². The van der Waals surface area contributed by atoms with Crippen LogP contribution in [0.5, 0.6) is 5.75 Å². The van der Waals surface area contributed by atoms with E-state index in [1.807, 2.05) is 6.92 Å². The fourth-order valence-corrected chi connectivity index (χ4v) is 2.55. The molecule has 26 heavy (non-hydrogen) atoms. The highest BCUT2D eigenvalue weighted by Crippen LogP contribution is 2.40. The molecule has 0 saturated heterocycles. The Labute approximate surface area is 166 Å². The minimum absolute atomic E-state index is 0.0333. The van der Waals surface area contributed by atoms with E-state index < -0.39 is 29.2 Å². The molecule has 0 spiro atoms. The highest BCUT2D eigenvalue weighted by Gasteiger charge is 2.28. The van der Waals surface area contributed by atoms with Crippen LogP contribution in [0.15, 0.2) is 6.07 Å². The number of ether oxygens (including phenoxy) is 2. The Kier molecular flexibility index (Phi) is 7.74. The van der Waals surface area contributed by atoms with Crippen molar-refractivity contribution in [3.05, 3.63) is 26.7 Å². The number of rotatable bonds is 5. The molecule has 1 N–H and O–H groups in total. The Bertz CT molecular complexity index is 724. The molecule has 0 aliphatic carbocycles. The molecule has 0 amide bonds. The maximum absolute atomic E-state index is 12.4. The Morgan fingerprint density at radius 1 is 1.15 bits per heavy atom. The fourth-order valence-electron chi connectivity index (χ4n) is 1.83. The summed E-state index contributed by atoms with van der Waals surface area (Å²) in [7, 11) is 0. The van der Waals surface area contributed by atoms with E-state index in [4.69, 9.17) is 44.6 Å². The predicted molar refractivity (Wildman–Crippen MR) is 98.3 cm³/mol. The number of aliphatic carboxylic acids is 1. The monoisotopic (exact) mass is 424 g/mol. The van der Waals surface area contributed by atoms with E-state index in [1.165, 1.54) is 0 Å². The zero-order valence-corrected chi connectivity index (χ0v) is 17.0. The van der Waals surface area contributed by atoms with Crippen LogP contribution in [-0.2, 0) is 14.3 Å². The van der Waals surface area contributed by atoms with Crippen molar-refractivity contribution >= 4 is 52.7 Å². The number of hydrogen-bond acceptors (Lipinski definition) is 5. The molecule has 9 heteroatoms. The molecule has 0 bridgehead atoms. The predicted octanol–water partition coefficient (Wildman–Crippen LogP) is 4.87. The van der Waals surface area contributed by atoms with Gasteiger partial charge in [0.05, 0.1) is 21.7 Å². The van der Waals surface area contributed by atoms with Gasteiger partial charge in [-0.15, -0.1) is 0 Å². The van der Waals surface area contributed by atoms with Gasteiger partial charge in [0.1, 0.15) is 5.56 Å². The molecule has 0 aliphatic heterocycles. The summed E-state index contributed by atoms with van der Waals surface area (Å²) in [5.41, 5.74) is -0.367. The standard InChI is InChI=1S/C17H19Cl3O6/c1-8(17(2,3)4)5-6-25-15(23)11-12(20)9(18)7-10(19)13(11)26-16(24)14(21)22/h7-8H,5-6H2,1-4H3,(H,21,22). The van der Waals surface area contributed by atoms with Crippen molar-refractivity contribution in [2.75, 3.05) is 6.61 Å². The summed E-state index contributed by atoms with van der Waals surface area (Å²) in [6.07, 6.45) is 0.589. The van der Waals surface area contributed by atoms with E-state index >= 15 is 0 Å². The van der Waals surface area contributed by atoms with E-state index in [0.29, 0.717) is 6.42 Å². The smallest absolute Gasteiger partial charge is 0.422 e. The third kappa shape index (κ3) is 5.76. The summed E-state index contributed by atoms with van der Waals surface area (Å²) in [5, 5.41) is 8.11. The van der Waals surface area contributed by atoms with E-state index in [-0.39, 0.29) is 33.0 Å². The Morgan fingerprint density at radius 2 is 1.73 bits per heavy atom. The average molecular weight is 426 g/mol. The lowest BCUT2D eigenvalue weighted by Gasteiger charge is -2.27. The van der Waals surface area contributed by atoms with E-state index in [9.17, 15) is 14.4 Å². The summed E-state index contributed by atoms with van der Waals surface area (Å²) < 4.78 is 9.85. The van der Waals surface area contributed by atoms with Gasteiger partial charge in [-0.2, -0.15) is 0 Å². The van der Waals surface area contributed by atoms with Gasteiger partial charge in [-0.25, -0.2) is 14.4 Å². The molecular formula is C17H19Cl3O6. The van der Waals surface area contributed by atoms with Crippen LogP contribution < -0.4 is 4.74 Å². The van der Waals surface area contributed by atoms with Crippen molar-refractivity contribution in [3.8, 4) is 5.75 Å². The molecular weight excluding hydrogens is 407 g/mol. The normalized spacial score (nSPS) is 12.4. The molecule has 1 aromatic carbocycles. The minimum atomic E-state index is -1.86. The van der Waals surface area contributed by atoms with E-state index in [2.05, 4.69) is 25.5 Å². The number of benzene rings is 1. The highest BCUT2D eigenvalue weighted by atomic mass is 35.5. The van der Waals surface area contributed by atoms with Crippen LogP contribution in [0.25, 0.3) is 0 Å². The summed E-state index contributed by atoms with van der Waals surface area (Å²) in [5.74, 6) is -4.65. The second kappa shape index (κ2) is 8.93. The van der Waals surface area contributed by atoms with Gasteiger partial charge in [-0.3, -0.25) is 0 Å². The van der Waals surface area contributed by atoms with Crippen molar-refractivity contribution in [1.29, 1.82) is 0 Å². The quantitative estimate of drug-likeness (QED) is 0.313. The summed E-state index contributed by atoms with van der Waals surface area (Å²) in [6.45, 7) is 8.31. The molecule has 1 unspecified atom stereocenters. The molecule has 0 saturated carbocycles. The molecule has 1 aromatic rings. The van der Waals surface area contributed by atoms with Crippen LogP contribution in [0.4, 0.5) is 0 Å². The maximum Gasteiger partial charge on any atom is 0.422 e. The number of hydrogen-bond donors (Lipinski definition) is 1. The molecule has 0 aromatic heterocycles. The number of carbonyl (C=O) groups excluding carboxylic acids is 2. The zero-order valence-electron chi connectivity index (χ0n) is 14.7. The van der Waals surface area contributed by atoms with E-state index in [0.717, 1.165) is 6.07 Å². The van der Waals surface area contributed by atoms with Gasteiger partial charge in [0, 0.05) is 0 Å². The number of esters is 2. The summed E-state index contributed by atoms with van der Waals surface area (Å²) >= 11 is 17.8. The summed E-state index contributed by atoms with van der Waals surface area (Å²) in [4.78, 5) is 34.4. The first-order chi connectivity index (χ1) is 11.9. The van der Waals surface area contributed by atoms with Gasteiger partial charge in [-0.05, 0) is 23.8 Å². The number of carbonyl (C=O) groups is 3. The highest BCUT2D eigenvalue weighted by molar-refractivity contribution is 6.46. The van der Waals surface area contributed by atoms with Crippen molar-refractivity contribution in [3.63, 3.8) is 0 Å². The van der Waals surface area contributed by atoms with Gasteiger partial charge in [-0.1, -0.05) is 62.5 Å². The summed E-state index contributed by atoms with van der Waals surface area (Å²) in [6, 6.07) is 1.13. The second-order valence-electron chi connectivity index (χ2n) is 6.74. The molecule has 0 fully saturated rings. The minimum Gasteiger partial charge on any atom is -0.473 e. The Morgan fingerprint density at radius 3 is 2.23 bits per heavy atom. The van der Waals surface area contributed by atoms with Crippen LogP contribution in [0.1, 0.15) is 44.5 Å². The van der Waals surface area contributed by atoms with Gasteiger partial charge >= 0.3 is 17.9 Å². The molecule has 0 radical (unpaired) electrons. The first kappa shape index (κ1) is 22.5. The lowest BCUT2D eigenvalue weighted by molar-refractivity contribution is -0.158. The molecule has 144 valence electrons.